The monoisotopic (exact) mass is 339 g/mol. The molecule has 0 saturated carbocycles. The number of amides is 1. The van der Waals surface area contributed by atoms with Crippen LogP contribution in [0.1, 0.15) is 25.8 Å². The second kappa shape index (κ2) is 6.15. The average molecular weight is 339 g/mol. The van der Waals surface area contributed by atoms with Crippen LogP contribution in [0.15, 0.2) is 29.2 Å². The van der Waals surface area contributed by atoms with Crippen LogP contribution >= 0.6 is 0 Å². The highest BCUT2D eigenvalue weighted by Crippen LogP contribution is 2.33. The zero-order chi connectivity index (χ0) is 17.2. The van der Waals surface area contributed by atoms with Gasteiger partial charge in [0.1, 0.15) is 0 Å². The van der Waals surface area contributed by atoms with Crippen molar-refractivity contribution in [1.82, 2.24) is 5.32 Å². The molecule has 5 nitrogen and oxygen atoms in total. The van der Waals surface area contributed by atoms with Gasteiger partial charge in [0.05, 0.1) is 15.2 Å². The second-order valence-corrected chi connectivity index (χ2v) is 7.85. The molecule has 22 heavy (non-hydrogen) atoms. The molecule has 0 unspecified atom stereocenters. The van der Waals surface area contributed by atoms with E-state index in [9.17, 15) is 26.4 Å². The minimum Gasteiger partial charge on any atom is -0.465 e. The summed E-state index contributed by atoms with van der Waals surface area (Å²) in [7, 11) is -4.05. The highest BCUT2D eigenvalue weighted by molar-refractivity contribution is 7.92. The number of nitrogens with one attached hydrogen (secondary N) is 1. The van der Waals surface area contributed by atoms with Crippen molar-refractivity contribution in [3.63, 3.8) is 0 Å². The second-order valence-electron chi connectivity index (χ2n) is 5.27. The highest BCUT2D eigenvalue weighted by atomic mass is 32.2. The van der Waals surface area contributed by atoms with Gasteiger partial charge < -0.3 is 10.4 Å². The molecule has 0 aliphatic heterocycles. The number of rotatable bonds is 5. The van der Waals surface area contributed by atoms with Crippen LogP contribution in [0.25, 0.3) is 0 Å². The Bertz CT molecular complexity index is 653. The third kappa shape index (κ3) is 4.12. The van der Waals surface area contributed by atoms with Crippen LogP contribution in [0.5, 0.6) is 0 Å². The van der Waals surface area contributed by atoms with Gasteiger partial charge in [0.15, 0.2) is 9.84 Å². The van der Waals surface area contributed by atoms with Crippen LogP contribution in [-0.2, 0) is 16.0 Å². The summed E-state index contributed by atoms with van der Waals surface area (Å²) in [4.78, 5) is 9.93. The van der Waals surface area contributed by atoms with Crippen LogP contribution < -0.4 is 5.32 Å². The molecule has 1 aromatic rings. The van der Waals surface area contributed by atoms with Crippen LogP contribution in [-0.4, -0.2) is 30.9 Å². The minimum absolute atomic E-state index is 0.0715. The molecule has 0 fully saturated rings. The number of halogens is 3. The molecule has 0 radical (unpaired) electrons. The summed E-state index contributed by atoms with van der Waals surface area (Å²) in [5.74, 6) is 0. The van der Waals surface area contributed by atoms with E-state index in [4.69, 9.17) is 5.11 Å². The summed E-state index contributed by atoms with van der Waals surface area (Å²) in [5.41, 5.74) is -1.05. The fraction of sp³-hybridized carbons (Fsp3) is 0.462. The number of alkyl halides is 3. The molecular weight excluding hydrogens is 323 g/mol. The van der Waals surface area contributed by atoms with Crippen molar-refractivity contribution in [2.75, 3.05) is 6.54 Å². The fourth-order valence-corrected chi connectivity index (χ4v) is 3.31. The van der Waals surface area contributed by atoms with E-state index < -0.39 is 37.3 Å². The Kier molecular flexibility index (Phi) is 5.11. The molecule has 0 heterocycles. The zero-order valence-electron chi connectivity index (χ0n) is 11.9. The van der Waals surface area contributed by atoms with Gasteiger partial charge in [-0.3, -0.25) is 0 Å². The molecule has 0 saturated heterocycles. The molecule has 1 rings (SSSR count). The normalized spacial score (nSPS) is 13.0. The Labute approximate surface area is 126 Å². The van der Waals surface area contributed by atoms with Crippen molar-refractivity contribution in [1.29, 1.82) is 0 Å². The van der Waals surface area contributed by atoms with E-state index in [2.05, 4.69) is 0 Å². The van der Waals surface area contributed by atoms with Gasteiger partial charge >= 0.3 is 12.3 Å². The topological polar surface area (TPSA) is 83.5 Å². The van der Waals surface area contributed by atoms with Gasteiger partial charge in [-0.1, -0.05) is 6.07 Å². The SMILES string of the molecule is CC(C)(CCNC(=O)O)S(=O)(=O)c1cccc(C(F)(F)F)c1. The zero-order valence-corrected chi connectivity index (χ0v) is 12.8. The quantitative estimate of drug-likeness (QED) is 0.864. The maximum absolute atomic E-state index is 12.7. The lowest BCUT2D eigenvalue weighted by Gasteiger charge is -2.25. The molecule has 9 heteroatoms. The molecule has 1 amide bonds. The van der Waals surface area contributed by atoms with Crippen LogP contribution in [0, 0.1) is 0 Å². The van der Waals surface area contributed by atoms with Crippen molar-refractivity contribution >= 4 is 15.9 Å². The number of hydrogen-bond donors (Lipinski definition) is 2. The first-order valence-corrected chi connectivity index (χ1v) is 7.75. The first-order chi connectivity index (χ1) is 9.88. The van der Waals surface area contributed by atoms with Gasteiger partial charge in [-0.05, 0) is 38.5 Å². The molecule has 0 aliphatic carbocycles. The van der Waals surface area contributed by atoms with Crippen molar-refractivity contribution in [3.05, 3.63) is 29.8 Å². The lowest BCUT2D eigenvalue weighted by atomic mass is 10.1. The van der Waals surface area contributed by atoms with Crippen molar-refractivity contribution in [2.24, 2.45) is 0 Å². The van der Waals surface area contributed by atoms with E-state index in [1.807, 2.05) is 5.32 Å². The number of carboxylic acid groups (broad SMARTS) is 1. The Balaban J connectivity index is 3.10. The van der Waals surface area contributed by atoms with E-state index in [0.717, 1.165) is 18.2 Å². The molecule has 0 spiro atoms. The van der Waals surface area contributed by atoms with E-state index in [0.29, 0.717) is 6.07 Å². The van der Waals surface area contributed by atoms with E-state index in [-0.39, 0.29) is 13.0 Å². The van der Waals surface area contributed by atoms with E-state index >= 15 is 0 Å². The van der Waals surface area contributed by atoms with Crippen molar-refractivity contribution < 1.29 is 31.5 Å². The summed E-state index contributed by atoms with van der Waals surface area (Å²) in [6.45, 7) is 2.55. The lowest BCUT2D eigenvalue weighted by molar-refractivity contribution is -0.137. The molecule has 1 aromatic carbocycles. The standard InChI is InChI=1S/C13H16F3NO4S/c1-12(2,6-7-17-11(18)19)22(20,21)10-5-3-4-9(8-10)13(14,15)16/h3-5,8,17H,6-7H2,1-2H3,(H,18,19). The van der Waals surface area contributed by atoms with Gasteiger partial charge in [-0.25, -0.2) is 13.2 Å². The minimum atomic E-state index is -4.64. The van der Waals surface area contributed by atoms with Gasteiger partial charge in [-0.15, -0.1) is 0 Å². The Morgan fingerprint density at radius 3 is 2.36 bits per heavy atom. The predicted molar refractivity (Wildman–Crippen MR) is 73.4 cm³/mol. The molecule has 0 atom stereocenters. The lowest BCUT2D eigenvalue weighted by Crippen LogP contribution is -2.36. The predicted octanol–water partition coefficient (Wildman–Crippen LogP) is 2.92. The third-order valence-electron chi connectivity index (χ3n) is 3.20. The number of carbonyl (C=O) groups is 1. The Morgan fingerprint density at radius 1 is 1.27 bits per heavy atom. The van der Waals surface area contributed by atoms with E-state index in [1.165, 1.54) is 13.8 Å². The Morgan fingerprint density at radius 2 is 1.86 bits per heavy atom. The summed E-state index contributed by atoms with van der Waals surface area (Å²) in [6, 6.07) is 3.50. The number of hydrogen-bond acceptors (Lipinski definition) is 3. The first kappa shape index (κ1) is 18.3. The fourth-order valence-electron chi connectivity index (χ4n) is 1.76. The molecule has 2 N–H and O–H groups in total. The highest BCUT2D eigenvalue weighted by Gasteiger charge is 2.37. The third-order valence-corrected chi connectivity index (χ3v) is 5.74. The van der Waals surface area contributed by atoms with Gasteiger partial charge in [0, 0.05) is 6.54 Å². The van der Waals surface area contributed by atoms with Crippen molar-refractivity contribution in [3.8, 4) is 0 Å². The van der Waals surface area contributed by atoms with Gasteiger partial charge in [-0.2, -0.15) is 13.2 Å². The smallest absolute Gasteiger partial charge is 0.416 e. The molecule has 0 aliphatic rings. The molecule has 0 bridgehead atoms. The molecule has 124 valence electrons. The number of sulfone groups is 1. The van der Waals surface area contributed by atoms with Gasteiger partial charge in [0.25, 0.3) is 0 Å². The van der Waals surface area contributed by atoms with Crippen LogP contribution in [0.3, 0.4) is 0 Å². The maximum Gasteiger partial charge on any atom is 0.416 e. The van der Waals surface area contributed by atoms with E-state index in [1.54, 1.807) is 0 Å². The molecule has 0 aromatic heterocycles. The summed E-state index contributed by atoms with van der Waals surface area (Å²) < 4.78 is 61.5. The first-order valence-electron chi connectivity index (χ1n) is 6.26. The maximum atomic E-state index is 12.7. The van der Waals surface area contributed by atoms with Crippen molar-refractivity contribution in [2.45, 2.75) is 36.1 Å². The summed E-state index contributed by atoms with van der Waals surface area (Å²) >= 11 is 0. The summed E-state index contributed by atoms with van der Waals surface area (Å²) in [5, 5.41) is 10.5. The van der Waals surface area contributed by atoms with Crippen LogP contribution in [0.2, 0.25) is 0 Å². The summed E-state index contributed by atoms with van der Waals surface area (Å²) in [6.07, 6.45) is -6.01. The molecular formula is C13H16F3NO4S. The largest absolute Gasteiger partial charge is 0.465 e. The number of benzene rings is 1. The average Bonchev–Trinajstić information content (AvgIpc) is 2.37. The Hall–Kier alpha value is -1.77. The van der Waals surface area contributed by atoms with Crippen LogP contribution in [0.4, 0.5) is 18.0 Å². The van der Waals surface area contributed by atoms with Gasteiger partial charge in [0.2, 0.25) is 0 Å².